The Morgan fingerprint density at radius 1 is 1.40 bits per heavy atom. The molecule has 1 N–H and O–H groups in total. The molecule has 0 saturated heterocycles. The lowest BCUT2D eigenvalue weighted by atomic mass is 10.1. The van der Waals surface area contributed by atoms with Gasteiger partial charge in [0.1, 0.15) is 11.6 Å². The maximum absolute atomic E-state index is 13.5. The van der Waals surface area contributed by atoms with Gasteiger partial charge >= 0.3 is 0 Å². The number of ether oxygens (including phenoxy) is 1. The zero-order valence-corrected chi connectivity index (χ0v) is 8.48. The number of likely N-dealkylation sites (N-methyl/N-ethyl adjacent to an activating group) is 1. The molecule has 1 aromatic carbocycles. The minimum Gasteiger partial charge on any atom is -0.496 e. The van der Waals surface area contributed by atoms with Crippen LogP contribution in [0.4, 0.5) is 13.2 Å². The molecule has 0 aliphatic carbocycles. The third-order valence-corrected chi connectivity index (χ3v) is 1.95. The Kier molecular flexibility index (Phi) is 3.57. The average molecular weight is 219 g/mol. The first-order valence-electron chi connectivity index (χ1n) is 4.37. The van der Waals surface area contributed by atoms with Crippen LogP contribution in [0.2, 0.25) is 0 Å². The van der Waals surface area contributed by atoms with Gasteiger partial charge in [0.2, 0.25) is 0 Å². The van der Waals surface area contributed by atoms with Gasteiger partial charge in [-0.1, -0.05) is 0 Å². The molecule has 0 radical (unpaired) electrons. The van der Waals surface area contributed by atoms with Crippen molar-refractivity contribution in [2.24, 2.45) is 0 Å². The summed E-state index contributed by atoms with van der Waals surface area (Å²) < 4.78 is 44.6. The van der Waals surface area contributed by atoms with Crippen LogP contribution < -0.4 is 10.1 Å². The summed E-state index contributed by atoms with van der Waals surface area (Å²) in [7, 11) is 2.67. The van der Waals surface area contributed by atoms with E-state index in [9.17, 15) is 13.2 Å². The summed E-state index contributed by atoms with van der Waals surface area (Å²) >= 11 is 0. The minimum absolute atomic E-state index is 0.0170. The maximum Gasteiger partial charge on any atom is 0.289 e. The van der Waals surface area contributed by atoms with Gasteiger partial charge in [-0.05, 0) is 25.2 Å². The second-order valence-corrected chi connectivity index (χ2v) is 3.08. The van der Waals surface area contributed by atoms with E-state index in [4.69, 9.17) is 4.74 Å². The molecule has 1 rings (SSSR count). The summed E-state index contributed by atoms with van der Waals surface area (Å²) in [6, 6.07) is 3.06. The molecule has 0 bridgehead atoms. The Labute approximate surface area is 86.1 Å². The maximum atomic E-state index is 13.5. The van der Waals surface area contributed by atoms with Crippen LogP contribution in [-0.2, 0) is 5.92 Å². The molecule has 0 fully saturated rings. The number of alkyl halides is 2. The summed E-state index contributed by atoms with van der Waals surface area (Å²) in [5.74, 6) is -3.87. The number of nitrogens with one attached hydrogen (secondary N) is 1. The van der Waals surface area contributed by atoms with Gasteiger partial charge in [0.05, 0.1) is 19.2 Å². The topological polar surface area (TPSA) is 21.3 Å². The van der Waals surface area contributed by atoms with Crippen LogP contribution in [-0.4, -0.2) is 20.7 Å². The molecule has 84 valence electrons. The van der Waals surface area contributed by atoms with Crippen molar-refractivity contribution in [3.63, 3.8) is 0 Å². The number of hydrogen-bond acceptors (Lipinski definition) is 2. The molecule has 0 heterocycles. The van der Waals surface area contributed by atoms with Gasteiger partial charge in [-0.15, -0.1) is 0 Å². The summed E-state index contributed by atoms with van der Waals surface area (Å²) in [6.07, 6.45) is 0. The lowest BCUT2D eigenvalue weighted by Crippen LogP contribution is -2.28. The number of methoxy groups -OCH3 is 1. The van der Waals surface area contributed by atoms with Gasteiger partial charge < -0.3 is 10.1 Å². The van der Waals surface area contributed by atoms with Crippen molar-refractivity contribution < 1.29 is 17.9 Å². The first-order chi connectivity index (χ1) is 7.01. The SMILES string of the molecule is CNCC(F)(F)c1cc(F)ccc1OC. The fourth-order valence-corrected chi connectivity index (χ4v) is 1.28. The van der Waals surface area contributed by atoms with Crippen molar-refractivity contribution in [3.05, 3.63) is 29.6 Å². The van der Waals surface area contributed by atoms with Crippen LogP contribution >= 0.6 is 0 Å². The minimum atomic E-state index is -3.15. The molecule has 0 atom stereocenters. The van der Waals surface area contributed by atoms with Crippen molar-refractivity contribution in [2.75, 3.05) is 20.7 Å². The van der Waals surface area contributed by atoms with E-state index in [1.54, 1.807) is 0 Å². The van der Waals surface area contributed by atoms with Crippen molar-refractivity contribution in [1.29, 1.82) is 0 Å². The average Bonchev–Trinajstić information content (AvgIpc) is 2.17. The fraction of sp³-hybridized carbons (Fsp3) is 0.400. The molecule has 0 aromatic heterocycles. The van der Waals surface area contributed by atoms with Crippen LogP contribution in [0.15, 0.2) is 18.2 Å². The van der Waals surface area contributed by atoms with Crippen molar-refractivity contribution >= 4 is 0 Å². The standard InChI is InChI=1S/C10H12F3NO/c1-14-6-10(12,13)8-5-7(11)3-4-9(8)15-2/h3-5,14H,6H2,1-2H3. The molecule has 2 nitrogen and oxygen atoms in total. The number of benzene rings is 1. The van der Waals surface area contributed by atoms with Crippen LogP contribution in [0.3, 0.4) is 0 Å². The highest BCUT2D eigenvalue weighted by Gasteiger charge is 2.34. The molecule has 0 aliphatic heterocycles. The van der Waals surface area contributed by atoms with E-state index in [1.165, 1.54) is 20.2 Å². The van der Waals surface area contributed by atoms with E-state index in [-0.39, 0.29) is 5.75 Å². The van der Waals surface area contributed by atoms with Crippen LogP contribution in [0.5, 0.6) is 5.75 Å². The molecule has 15 heavy (non-hydrogen) atoms. The van der Waals surface area contributed by atoms with Crippen LogP contribution in [0, 0.1) is 5.82 Å². The smallest absolute Gasteiger partial charge is 0.289 e. The molecule has 0 unspecified atom stereocenters. The lowest BCUT2D eigenvalue weighted by molar-refractivity contribution is -0.00371. The summed E-state index contributed by atoms with van der Waals surface area (Å²) in [6.45, 7) is -0.563. The normalized spacial score (nSPS) is 11.5. The Hall–Kier alpha value is -1.23. The molecule has 5 heteroatoms. The van der Waals surface area contributed by atoms with Crippen LogP contribution in [0.1, 0.15) is 5.56 Å². The Balaban J connectivity index is 3.15. The first kappa shape index (κ1) is 11.8. The highest BCUT2D eigenvalue weighted by Crippen LogP contribution is 2.34. The molecule has 0 spiro atoms. The van der Waals surface area contributed by atoms with Crippen molar-refractivity contribution in [3.8, 4) is 5.75 Å². The summed E-state index contributed by atoms with van der Waals surface area (Å²) in [4.78, 5) is 0. The molecule has 0 amide bonds. The lowest BCUT2D eigenvalue weighted by Gasteiger charge is -2.18. The Bertz CT molecular complexity index is 341. The predicted molar refractivity (Wildman–Crippen MR) is 50.8 cm³/mol. The van der Waals surface area contributed by atoms with Crippen molar-refractivity contribution in [1.82, 2.24) is 5.32 Å². The largest absolute Gasteiger partial charge is 0.496 e. The molecule has 0 aliphatic rings. The number of rotatable bonds is 4. The monoisotopic (exact) mass is 219 g/mol. The number of hydrogen-bond donors (Lipinski definition) is 1. The predicted octanol–water partition coefficient (Wildman–Crippen LogP) is 2.15. The molecular weight excluding hydrogens is 207 g/mol. The Morgan fingerprint density at radius 3 is 2.60 bits per heavy atom. The second-order valence-electron chi connectivity index (χ2n) is 3.08. The van der Waals surface area contributed by atoms with Gasteiger partial charge in [-0.25, -0.2) is 4.39 Å². The van der Waals surface area contributed by atoms with Crippen molar-refractivity contribution in [2.45, 2.75) is 5.92 Å². The summed E-state index contributed by atoms with van der Waals surface area (Å²) in [5, 5.41) is 2.35. The quantitative estimate of drug-likeness (QED) is 0.837. The molecule has 0 saturated carbocycles. The van der Waals surface area contributed by atoms with E-state index in [2.05, 4.69) is 5.32 Å². The van der Waals surface area contributed by atoms with E-state index >= 15 is 0 Å². The third-order valence-electron chi connectivity index (χ3n) is 1.95. The second kappa shape index (κ2) is 4.53. The zero-order chi connectivity index (χ0) is 11.5. The van der Waals surface area contributed by atoms with Gasteiger partial charge in [0, 0.05) is 0 Å². The third kappa shape index (κ3) is 2.62. The van der Waals surface area contributed by atoms with E-state index in [1.807, 2.05) is 0 Å². The van der Waals surface area contributed by atoms with Gasteiger partial charge in [-0.3, -0.25) is 0 Å². The highest BCUT2D eigenvalue weighted by molar-refractivity contribution is 5.37. The van der Waals surface area contributed by atoms with Gasteiger partial charge in [0.15, 0.2) is 0 Å². The zero-order valence-electron chi connectivity index (χ0n) is 8.48. The van der Waals surface area contributed by atoms with Gasteiger partial charge in [0.25, 0.3) is 5.92 Å². The number of halogens is 3. The molecular formula is C10H12F3NO. The van der Waals surface area contributed by atoms with E-state index in [0.717, 1.165) is 12.1 Å². The fourth-order valence-electron chi connectivity index (χ4n) is 1.28. The van der Waals surface area contributed by atoms with Gasteiger partial charge in [-0.2, -0.15) is 8.78 Å². The highest BCUT2D eigenvalue weighted by atomic mass is 19.3. The van der Waals surface area contributed by atoms with Crippen LogP contribution in [0.25, 0.3) is 0 Å². The summed E-state index contributed by atoms with van der Waals surface area (Å²) in [5.41, 5.74) is -0.445. The Morgan fingerprint density at radius 2 is 2.07 bits per heavy atom. The molecule has 1 aromatic rings. The first-order valence-corrected chi connectivity index (χ1v) is 4.37. The van der Waals surface area contributed by atoms with E-state index < -0.39 is 23.8 Å². The van der Waals surface area contributed by atoms with E-state index in [0.29, 0.717) is 0 Å².